The minimum absolute atomic E-state index is 3.46. The Morgan fingerprint density at radius 2 is 1.33 bits per heavy atom. The molecule has 0 amide bonds. The third-order valence-electron chi connectivity index (χ3n) is 0.689. The van der Waals surface area contributed by atoms with E-state index >= 15 is 0 Å². The molecule has 0 fully saturated rings. The molecule has 0 radical (unpaired) electrons. The molecule has 0 spiro atoms. The topological polar surface area (TPSA) is 34.1 Å². The number of rotatable bonds is 1. The van der Waals surface area contributed by atoms with Gasteiger partial charge >= 0.3 is 21.4 Å². The van der Waals surface area contributed by atoms with E-state index in [0.29, 0.717) is 0 Å². The Labute approximate surface area is 62.4 Å². The lowest BCUT2D eigenvalue weighted by atomic mass is 11.1. The summed E-state index contributed by atoms with van der Waals surface area (Å²) < 4.78 is 87.0. The number of halogens is 6. The van der Waals surface area contributed by atoms with Gasteiger partial charge in [-0.05, 0) is 0 Å². The van der Waals surface area contributed by atoms with Crippen molar-refractivity contribution >= 4 is 9.84 Å². The third-order valence-corrected chi connectivity index (χ3v) is 1.92. The summed E-state index contributed by atoms with van der Waals surface area (Å²) in [6.45, 7) is 0. The van der Waals surface area contributed by atoms with Crippen LogP contribution in [-0.4, -0.2) is 13.9 Å². The van der Waals surface area contributed by atoms with Crippen LogP contribution in [0.5, 0.6) is 0 Å². The van der Waals surface area contributed by atoms with Crippen LogP contribution in [0.15, 0.2) is 11.2 Å². The molecule has 0 aromatic carbocycles. The summed E-state index contributed by atoms with van der Waals surface area (Å²) in [5.74, 6) is 0. The Morgan fingerprint density at radius 3 is 1.42 bits per heavy atom. The molecule has 0 saturated heterocycles. The number of alkyl halides is 3. The highest BCUT2D eigenvalue weighted by molar-refractivity contribution is 7.95. The first-order valence-corrected chi connectivity index (χ1v) is 3.61. The van der Waals surface area contributed by atoms with Crippen molar-refractivity contribution in [2.75, 3.05) is 0 Å². The van der Waals surface area contributed by atoms with Gasteiger partial charge in [-0.3, -0.25) is 0 Å². The fourth-order valence-electron chi connectivity index (χ4n) is 0.203. The molecule has 0 aliphatic carbocycles. The Balaban J connectivity index is 5.34. The smallest absolute Gasteiger partial charge is 0.212 e. The predicted molar refractivity (Wildman–Crippen MR) is 25.3 cm³/mol. The van der Waals surface area contributed by atoms with E-state index in [1.165, 1.54) is 0 Å². The van der Waals surface area contributed by atoms with E-state index in [0.717, 1.165) is 0 Å². The molecule has 0 aromatic rings. The van der Waals surface area contributed by atoms with Crippen molar-refractivity contribution in [1.29, 1.82) is 0 Å². The molecule has 0 N–H and O–H groups in total. The summed E-state index contributed by atoms with van der Waals surface area (Å²) in [6, 6.07) is 0. The van der Waals surface area contributed by atoms with Crippen molar-refractivity contribution in [2.24, 2.45) is 0 Å². The van der Waals surface area contributed by atoms with Crippen molar-refractivity contribution in [3.63, 3.8) is 0 Å². The summed E-state index contributed by atoms with van der Waals surface area (Å²) in [6.07, 6.45) is -3.52. The lowest BCUT2D eigenvalue weighted by Crippen LogP contribution is -2.23. The Bertz CT molecular complexity index is 293. The zero-order valence-corrected chi connectivity index (χ0v) is 5.81. The molecule has 0 aliphatic heterocycles. The molecular formula is C3F6O2S. The second-order valence-corrected chi connectivity index (χ2v) is 3.31. The molecule has 72 valence electrons. The van der Waals surface area contributed by atoms with Crippen molar-refractivity contribution < 1.29 is 34.8 Å². The summed E-state index contributed by atoms with van der Waals surface area (Å²) >= 11 is 0. The van der Waals surface area contributed by atoms with Crippen LogP contribution in [-0.2, 0) is 9.84 Å². The minimum atomic E-state index is -6.51. The fourth-order valence-corrected chi connectivity index (χ4v) is 0.610. The summed E-state index contributed by atoms with van der Waals surface area (Å²) in [4.78, 5) is 0. The van der Waals surface area contributed by atoms with Crippen molar-refractivity contribution in [1.82, 2.24) is 0 Å². The molecule has 0 saturated carbocycles. The molecule has 0 heterocycles. The van der Waals surface area contributed by atoms with Crippen LogP contribution in [0.25, 0.3) is 0 Å². The van der Waals surface area contributed by atoms with Gasteiger partial charge in [-0.1, -0.05) is 0 Å². The molecule has 9 heteroatoms. The van der Waals surface area contributed by atoms with E-state index in [1.807, 2.05) is 0 Å². The largest absolute Gasteiger partial charge is 0.504 e. The maximum atomic E-state index is 11.6. The van der Waals surface area contributed by atoms with E-state index in [2.05, 4.69) is 0 Å². The van der Waals surface area contributed by atoms with Crippen LogP contribution in [0.2, 0.25) is 0 Å². The molecule has 0 unspecified atom stereocenters. The van der Waals surface area contributed by atoms with E-state index in [1.54, 1.807) is 0 Å². The summed E-state index contributed by atoms with van der Waals surface area (Å²) in [5.41, 5.74) is -6.04. The van der Waals surface area contributed by atoms with Crippen LogP contribution >= 0.6 is 0 Å². The quantitative estimate of drug-likeness (QED) is 0.625. The Morgan fingerprint density at radius 1 is 1.00 bits per heavy atom. The van der Waals surface area contributed by atoms with Gasteiger partial charge in [0.2, 0.25) is 0 Å². The maximum absolute atomic E-state index is 11.6. The number of hydrogen-bond donors (Lipinski definition) is 0. The number of sulfone groups is 1. The van der Waals surface area contributed by atoms with Gasteiger partial charge in [0.1, 0.15) is 0 Å². The fraction of sp³-hybridized carbons (Fsp3) is 0.333. The summed E-state index contributed by atoms with van der Waals surface area (Å²) in [7, 11) is -6.51. The van der Waals surface area contributed by atoms with Crippen molar-refractivity contribution in [3.8, 4) is 0 Å². The van der Waals surface area contributed by atoms with Gasteiger partial charge in [0.05, 0.1) is 0 Å². The van der Waals surface area contributed by atoms with Crippen LogP contribution in [0.3, 0.4) is 0 Å². The van der Waals surface area contributed by atoms with Crippen LogP contribution in [0.1, 0.15) is 0 Å². The zero-order chi connectivity index (χ0) is 10.2. The molecule has 0 aliphatic rings. The first kappa shape index (κ1) is 11.3. The molecule has 0 atom stereocenters. The molecule has 0 rings (SSSR count). The lowest BCUT2D eigenvalue weighted by Gasteiger charge is -2.03. The molecular weight excluding hydrogens is 214 g/mol. The van der Waals surface area contributed by atoms with Crippen molar-refractivity contribution in [2.45, 2.75) is 5.51 Å². The highest BCUT2D eigenvalue weighted by Gasteiger charge is 2.51. The van der Waals surface area contributed by atoms with E-state index in [4.69, 9.17) is 0 Å². The standard InChI is InChI=1S/C3F6O2S/c4-1(5)2(6)12(10,11)3(7,8)9. The van der Waals surface area contributed by atoms with Gasteiger partial charge in [-0.15, -0.1) is 0 Å². The molecule has 0 aromatic heterocycles. The maximum Gasteiger partial charge on any atom is 0.504 e. The van der Waals surface area contributed by atoms with Gasteiger partial charge in [-0.2, -0.15) is 26.3 Å². The van der Waals surface area contributed by atoms with Gasteiger partial charge < -0.3 is 0 Å². The molecule has 12 heavy (non-hydrogen) atoms. The van der Waals surface area contributed by atoms with Gasteiger partial charge in [0.15, 0.2) is 0 Å². The van der Waals surface area contributed by atoms with E-state index in [-0.39, 0.29) is 0 Å². The number of hydrogen-bond acceptors (Lipinski definition) is 2. The molecule has 0 bridgehead atoms. The monoisotopic (exact) mass is 214 g/mol. The molecule has 2 nitrogen and oxygen atoms in total. The average Bonchev–Trinajstić information content (AvgIpc) is 1.83. The summed E-state index contributed by atoms with van der Waals surface area (Å²) in [5, 5.41) is -3.46. The Kier molecular flexibility index (Phi) is 2.78. The van der Waals surface area contributed by atoms with Crippen molar-refractivity contribution in [3.05, 3.63) is 11.2 Å². The van der Waals surface area contributed by atoms with Crippen LogP contribution < -0.4 is 0 Å². The first-order valence-electron chi connectivity index (χ1n) is 2.13. The average molecular weight is 214 g/mol. The van der Waals surface area contributed by atoms with Gasteiger partial charge in [-0.25, -0.2) is 8.42 Å². The highest BCUT2D eigenvalue weighted by atomic mass is 32.2. The lowest BCUT2D eigenvalue weighted by molar-refractivity contribution is -0.0433. The van der Waals surface area contributed by atoms with Crippen LogP contribution in [0.4, 0.5) is 26.3 Å². The second kappa shape index (κ2) is 2.96. The minimum Gasteiger partial charge on any atom is -0.212 e. The van der Waals surface area contributed by atoms with Gasteiger partial charge in [0, 0.05) is 0 Å². The highest BCUT2D eigenvalue weighted by Crippen LogP contribution is 2.32. The zero-order valence-electron chi connectivity index (χ0n) is 4.99. The SMILES string of the molecule is O=S(=O)(C(F)=C(F)F)C(F)(F)F. The third kappa shape index (κ3) is 1.90. The van der Waals surface area contributed by atoms with E-state index in [9.17, 15) is 34.8 Å². The van der Waals surface area contributed by atoms with Crippen LogP contribution in [0, 0.1) is 0 Å². The predicted octanol–water partition coefficient (Wildman–Crippen LogP) is 1.96. The van der Waals surface area contributed by atoms with E-state index < -0.39 is 26.6 Å². The first-order chi connectivity index (χ1) is 5.10. The second-order valence-electron chi connectivity index (χ2n) is 1.48. The normalized spacial score (nSPS) is 12.8. The van der Waals surface area contributed by atoms with Gasteiger partial charge in [0.25, 0.3) is 5.16 Å². The Hall–Kier alpha value is -0.730.